The maximum Gasteiger partial charge on any atom is 0.330 e. The predicted molar refractivity (Wildman–Crippen MR) is 235 cm³/mol. The molecular formula is C46H70O19. The lowest BCUT2D eigenvalue weighted by molar-refractivity contribution is -0.169. The molecule has 0 heterocycles. The summed E-state index contributed by atoms with van der Waals surface area (Å²) in [6.07, 6.45) is 2.06. The van der Waals surface area contributed by atoms with Crippen LogP contribution in [0.25, 0.3) is 0 Å². The highest BCUT2D eigenvalue weighted by atomic mass is 16.6. The van der Waals surface area contributed by atoms with Gasteiger partial charge in [-0.05, 0) is 41.5 Å². The van der Waals surface area contributed by atoms with Gasteiger partial charge < -0.3 is 61.6 Å². The van der Waals surface area contributed by atoms with E-state index in [1.54, 1.807) is 41.5 Å². The van der Waals surface area contributed by atoms with E-state index in [2.05, 4.69) is 39.5 Å². The van der Waals surface area contributed by atoms with Crippen molar-refractivity contribution in [2.45, 2.75) is 78.2 Å². The van der Waals surface area contributed by atoms with Crippen molar-refractivity contribution in [2.24, 2.45) is 10.8 Å². The molecule has 0 saturated carbocycles. The third-order valence-corrected chi connectivity index (χ3v) is 8.34. The largest absolute Gasteiger partial charge is 0.460 e. The van der Waals surface area contributed by atoms with Gasteiger partial charge in [0.2, 0.25) is 0 Å². The van der Waals surface area contributed by atoms with E-state index in [4.69, 9.17) is 61.6 Å². The SMILES string of the molecule is C=CC(=O)OCC(C)OCC(COCC(C)OC(=O)C=C)(COCC(C)OC(=O)C=C)COCC(COCC(C)OC(=O)C=C)(COCC(C)OC(=O)C=C)COCC(C)OC(=O)C=C. The van der Waals surface area contributed by atoms with Crippen LogP contribution in [0.4, 0.5) is 0 Å². The summed E-state index contributed by atoms with van der Waals surface area (Å²) in [5.41, 5.74) is -2.32. The van der Waals surface area contributed by atoms with Crippen LogP contribution in [0.2, 0.25) is 0 Å². The summed E-state index contributed by atoms with van der Waals surface area (Å²) in [4.78, 5) is 71.3. The third-order valence-electron chi connectivity index (χ3n) is 8.34. The Labute approximate surface area is 382 Å². The standard InChI is InChI=1S/C46H70O19/c1-13-39(47)59-24-33(7)60-32-46(28-56-22-37(11)64-43(51)17-5,29-57-23-38(12)65-44(52)18-6)31-58-30-45(25-53-19-34(8)61-40(48)14-2,26-54-20-35(9)62-41(49)15-3)27-55-21-36(10)63-42(50)16-4/h13-18,33-38H,1-6,19-32H2,7-12H3. The van der Waals surface area contributed by atoms with Crippen molar-refractivity contribution in [1.82, 2.24) is 0 Å². The molecule has 0 amide bonds. The third kappa shape index (κ3) is 29.2. The number of hydrogen-bond acceptors (Lipinski definition) is 19. The van der Waals surface area contributed by atoms with Crippen molar-refractivity contribution < 1.29 is 90.3 Å². The first-order chi connectivity index (χ1) is 30.8. The van der Waals surface area contributed by atoms with Crippen LogP contribution in [0.15, 0.2) is 75.9 Å². The van der Waals surface area contributed by atoms with Gasteiger partial charge in [0.1, 0.15) is 37.1 Å². The van der Waals surface area contributed by atoms with Gasteiger partial charge >= 0.3 is 35.8 Å². The fourth-order valence-electron chi connectivity index (χ4n) is 5.22. The number of carbonyl (C=O) groups excluding carboxylic acids is 6. The summed E-state index contributed by atoms with van der Waals surface area (Å²) in [7, 11) is 0. The Kier molecular flexibility index (Phi) is 31.7. The van der Waals surface area contributed by atoms with E-state index in [1.807, 2.05) is 0 Å². The molecule has 65 heavy (non-hydrogen) atoms. The quantitative estimate of drug-likeness (QED) is 0.0485. The minimum absolute atomic E-state index is 0.0565. The van der Waals surface area contributed by atoms with Gasteiger partial charge in [0.05, 0.1) is 103 Å². The first kappa shape index (κ1) is 60.0. The zero-order chi connectivity index (χ0) is 49.3. The van der Waals surface area contributed by atoms with Gasteiger partial charge in [0.15, 0.2) is 0 Å². The number of carbonyl (C=O) groups is 6. The lowest BCUT2D eigenvalue weighted by Gasteiger charge is -2.37. The van der Waals surface area contributed by atoms with Crippen LogP contribution in [0, 0.1) is 10.8 Å². The van der Waals surface area contributed by atoms with Crippen LogP contribution in [0.5, 0.6) is 0 Å². The molecular weight excluding hydrogens is 856 g/mol. The molecule has 0 aliphatic heterocycles. The average Bonchev–Trinajstić information content (AvgIpc) is 3.26. The maximum atomic E-state index is 11.9. The molecule has 19 heteroatoms. The lowest BCUT2D eigenvalue weighted by atomic mass is 9.90. The van der Waals surface area contributed by atoms with Gasteiger partial charge in [-0.3, -0.25) is 0 Å². The molecule has 0 aromatic heterocycles. The topological polar surface area (TPSA) is 222 Å². The van der Waals surface area contributed by atoms with Crippen molar-refractivity contribution in [3.05, 3.63) is 75.9 Å². The predicted octanol–water partition coefficient (Wildman–Crippen LogP) is 3.78. The molecule has 0 bridgehead atoms. The molecule has 0 aliphatic rings. The highest BCUT2D eigenvalue weighted by Gasteiger charge is 2.38. The molecule has 0 spiro atoms. The van der Waals surface area contributed by atoms with E-state index < -0.39 is 83.3 Å². The van der Waals surface area contributed by atoms with Crippen molar-refractivity contribution in [3.63, 3.8) is 0 Å². The van der Waals surface area contributed by atoms with Crippen LogP contribution in [-0.4, -0.2) is 165 Å². The molecule has 0 saturated heterocycles. The molecule has 0 aromatic carbocycles. The summed E-state index contributed by atoms with van der Waals surface area (Å²) >= 11 is 0. The molecule has 6 atom stereocenters. The Balaban J connectivity index is 7.02. The second-order valence-corrected chi connectivity index (χ2v) is 15.3. The van der Waals surface area contributed by atoms with Crippen molar-refractivity contribution in [1.29, 1.82) is 0 Å². The summed E-state index contributed by atoms with van der Waals surface area (Å²) in [5, 5.41) is 0. The second kappa shape index (κ2) is 34.3. The molecule has 0 aliphatic carbocycles. The molecule has 368 valence electrons. The zero-order valence-corrected chi connectivity index (χ0v) is 38.8. The first-order valence-electron chi connectivity index (χ1n) is 20.8. The smallest absolute Gasteiger partial charge is 0.330 e. The highest BCUT2D eigenvalue weighted by molar-refractivity contribution is 5.83. The highest BCUT2D eigenvalue weighted by Crippen LogP contribution is 2.27. The van der Waals surface area contributed by atoms with Gasteiger partial charge in [-0.15, -0.1) is 0 Å². The van der Waals surface area contributed by atoms with Gasteiger partial charge in [-0.2, -0.15) is 0 Å². The van der Waals surface area contributed by atoms with E-state index in [1.165, 1.54) is 0 Å². The van der Waals surface area contributed by atoms with Crippen LogP contribution < -0.4 is 0 Å². The van der Waals surface area contributed by atoms with Crippen LogP contribution in [0.1, 0.15) is 41.5 Å². The van der Waals surface area contributed by atoms with E-state index in [-0.39, 0.29) is 92.5 Å². The molecule has 0 N–H and O–H groups in total. The molecule has 0 aromatic rings. The molecule has 19 nitrogen and oxygen atoms in total. The van der Waals surface area contributed by atoms with Crippen LogP contribution in [0.3, 0.4) is 0 Å². The number of ether oxygens (including phenoxy) is 13. The number of hydrogen-bond donors (Lipinski definition) is 0. The van der Waals surface area contributed by atoms with E-state index in [0.717, 1.165) is 36.5 Å². The Hall–Kier alpha value is -5.02. The number of rotatable bonds is 40. The van der Waals surface area contributed by atoms with Crippen LogP contribution >= 0.6 is 0 Å². The normalized spacial score (nSPS) is 15.6. The van der Waals surface area contributed by atoms with Gasteiger partial charge in [0.25, 0.3) is 0 Å². The average molecular weight is 927 g/mol. The van der Waals surface area contributed by atoms with Crippen molar-refractivity contribution >= 4 is 35.8 Å². The minimum Gasteiger partial charge on any atom is -0.460 e. The van der Waals surface area contributed by atoms with Crippen LogP contribution in [-0.2, 0) is 90.3 Å². The molecule has 6 unspecified atom stereocenters. The fraction of sp³-hybridized carbons (Fsp3) is 0.609. The van der Waals surface area contributed by atoms with Crippen molar-refractivity contribution in [2.75, 3.05) is 92.5 Å². The zero-order valence-electron chi connectivity index (χ0n) is 38.8. The van der Waals surface area contributed by atoms with E-state index >= 15 is 0 Å². The summed E-state index contributed by atoms with van der Waals surface area (Å²) in [6.45, 7) is 29.0. The molecule has 0 radical (unpaired) electrons. The molecule has 0 rings (SSSR count). The maximum absolute atomic E-state index is 11.9. The molecule has 0 fully saturated rings. The fourth-order valence-corrected chi connectivity index (χ4v) is 5.22. The van der Waals surface area contributed by atoms with E-state index in [9.17, 15) is 28.8 Å². The monoisotopic (exact) mass is 926 g/mol. The summed E-state index contributed by atoms with van der Waals surface area (Å²) in [5.74, 6) is -3.88. The first-order valence-corrected chi connectivity index (χ1v) is 20.8. The Morgan fingerprint density at radius 1 is 0.338 bits per heavy atom. The van der Waals surface area contributed by atoms with Gasteiger partial charge in [-0.1, -0.05) is 39.5 Å². The lowest BCUT2D eigenvalue weighted by Crippen LogP contribution is -2.47. The Bertz CT molecular complexity index is 1410. The Morgan fingerprint density at radius 3 is 0.815 bits per heavy atom. The minimum atomic E-state index is -1.16. The Morgan fingerprint density at radius 2 is 0.569 bits per heavy atom. The number of esters is 6. The summed E-state index contributed by atoms with van der Waals surface area (Å²) < 4.78 is 74.8. The summed E-state index contributed by atoms with van der Waals surface area (Å²) in [6, 6.07) is 0. The van der Waals surface area contributed by atoms with Gasteiger partial charge in [0, 0.05) is 36.5 Å². The van der Waals surface area contributed by atoms with E-state index in [0.29, 0.717) is 0 Å². The van der Waals surface area contributed by atoms with Crippen molar-refractivity contribution in [3.8, 4) is 0 Å². The second-order valence-electron chi connectivity index (χ2n) is 15.3. The van der Waals surface area contributed by atoms with Gasteiger partial charge in [-0.25, -0.2) is 28.8 Å².